The monoisotopic (exact) mass is 387 g/mol. The molecule has 1 N–H and O–H groups in total. The molecule has 5 rings (SSSR count). The molecule has 146 valence electrons. The summed E-state index contributed by atoms with van der Waals surface area (Å²) in [6, 6.07) is 14.8. The molecule has 4 aromatic rings. The third kappa shape index (κ3) is 3.40. The van der Waals surface area contributed by atoms with E-state index in [9.17, 15) is 9.59 Å². The number of nitrogens with one attached hydrogen (secondary N) is 1. The van der Waals surface area contributed by atoms with Gasteiger partial charge in [0.25, 0.3) is 5.91 Å². The number of hydrogen-bond donors (Lipinski definition) is 1. The number of aromatic amines is 1. The van der Waals surface area contributed by atoms with Crippen molar-refractivity contribution in [2.45, 2.75) is 6.54 Å². The molecule has 0 atom stereocenters. The highest BCUT2D eigenvalue weighted by Crippen LogP contribution is 2.18. The van der Waals surface area contributed by atoms with Crippen molar-refractivity contribution in [3.05, 3.63) is 82.5 Å². The van der Waals surface area contributed by atoms with E-state index in [4.69, 9.17) is 0 Å². The van der Waals surface area contributed by atoms with Crippen LogP contribution in [0, 0.1) is 0 Å². The van der Waals surface area contributed by atoms with Crippen LogP contribution in [0.25, 0.3) is 16.6 Å². The van der Waals surface area contributed by atoms with Crippen LogP contribution >= 0.6 is 0 Å². The lowest BCUT2D eigenvalue weighted by Crippen LogP contribution is -2.48. The predicted molar refractivity (Wildman–Crippen MR) is 111 cm³/mol. The van der Waals surface area contributed by atoms with Gasteiger partial charge < -0.3 is 14.3 Å². The van der Waals surface area contributed by atoms with Crippen molar-refractivity contribution in [1.29, 1.82) is 0 Å². The Bertz CT molecular complexity index is 1220. The standard InChI is InChI=1S/C22H21N5O2/c28-21-13-18(17-5-1-2-6-19(17)24-21)22(29)26-11-9-25(10-12-26)14-16-15-27-8-4-3-7-20(27)23-16/h1-8,13,15H,9-12,14H2,(H,24,28). The predicted octanol–water partition coefficient (Wildman–Crippen LogP) is 2.13. The Morgan fingerprint density at radius 1 is 1.03 bits per heavy atom. The normalized spacial score (nSPS) is 15.2. The molecule has 0 unspecified atom stereocenters. The lowest BCUT2D eigenvalue weighted by atomic mass is 10.1. The molecular formula is C22H21N5O2. The van der Waals surface area contributed by atoms with E-state index in [1.165, 1.54) is 6.07 Å². The van der Waals surface area contributed by atoms with Gasteiger partial charge in [-0.2, -0.15) is 0 Å². The topological polar surface area (TPSA) is 73.7 Å². The molecule has 1 amide bonds. The van der Waals surface area contributed by atoms with Crippen molar-refractivity contribution >= 4 is 22.5 Å². The Hall–Kier alpha value is -3.45. The van der Waals surface area contributed by atoms with Gasteiger partial charge in [-0.15, -0.1) is 0 Å². The molecule has 29 heavy (non-hydrogen) atoms. The molecule has 1 saturated heterocycles. The number of benzene rings is 1. The quantitative estimate of drug-likeness (QED) is 0.585. The van der Waals surface area contributed by atoms with Crippen molar-refractivity contribution in [3.8, 4) is 0 Å². The van der Waals surface area contributed by atoms with E-state index >= 15 is 0 Å². The molecule has 1 fully saturated rings. The van der Waals surface area contributed by atoms with Gasteiger partial charge >= 0.3 is 0 Å². The van der Waals surface area contributed by atoms with Crippen LogP contribution in [0.5, 0.6) is 0 Å². The Labute approximate surface area is 167 Å². The van der Waals surface area contributed by atoms with E-state index in [0.717, 1.165) is 36.4 Å². The first-order valence-corrected chi connectivity index (χ1v) is 9.74. The van der Waals surface area contributed by atoms with Gasteiger partial charge in [0.1, 0.15) is 5.65 Å². The molecule has 4 heterocycles. The first-order chi connectivity index (χ1) is 14.2. The summed E-state index contributed by atoms with van der Waals surface area (Å²) in [5, 5.41) is 0.782. The lowest BCUT2D eigenvalue weighted by Gasteiger charge is -2.34. The number of amides is 1. The smallest absolute Gasteiger partial charge is 0.254 e. The molecule has 7 nitrogen and oxygen atoms in total. The Morgan fingerprint density at radius 3 is 2.66 bits per heavy atom. The van der Waals surface area contributed by atoms with Crippen LogP contribution in [0.1, 0.15) is 16.1 Å². The van der Waals surface area contributed by atoms with E-state index in [-0.39, 0.29) is 11.5 Å². The second-order valence-corrected chi connectivity index (χ2v) is 7.36. The number of hydrogen-bond acceptors (Lipinski definition) is 4. The van der Waals surface area contributed by atoms with Crippen LogP contribution in [0.15, 0.2) is 65.7 Å². The zero-order chi connectivity index (χ0) is 19.8. The second kappa shape index (κ2) is 7.18. The van der Waals surface area contributed by atoms with Gasteiger partial charge in [0, 0.05) is 62.1 Å². The molecule has 0 radical (unpaired) electrons. The fourth-order valence-electron chi connectivity index (χ4n) is 3.95. The molecule has 0 aliphatic carbocycles. The largest absolute Gasteiger partial charge is 0.336 e. The second-order valence-electron chi connectivity index (χ2n) is 7.36. The first kappa shape index (κ1) is 17.6. The molecule has 0 saturated carbocycles. The molecule has 7 heteroatoms. The number of rotatable bonds is 3. The molecule has 1 aliphatic heterocycles. The Morgan fingerprint density at radius 2 is 1.83 bits per heavy atom. The maximum atomic E-state index is 13.1. The molecule has 1 aliphatic rings. The number of carbonyl (C=O) groups is 1. The molecule has 0 bridgehead atoms. The van der Waals surface area contributed by atoms with E-state index in [1.54, 1.807) is 0 Å². The molecule has 1 aromatic carbocycles. The first-order valence-electron chi connectivity index (χ1n) is 9.74. The number of aromatic nitrogens is 3. The molecule has 3 aromatic heterocycles. The van der Waals surface area contributed by atoms with Crippen molar-refractivity contribution < 1.29 is 4.79 Å². The number of carbonyl (C=O) groups excluding carboxylic acids is 1. The van der Waals surface area contributed by atoms with Crippen molar-refractivity contribution in [1.82, 2.24) is 24.2 Å². The molecular weight excluding hydrogens is 366 g/mol. The SMILES string of the molecule is O=C(c1cc(=O)[nH]c2ccccc12)N1CCN(Cc2cn3ccccc3n2)CC1. The third-order valence-corrected chi connectivity index (χ3v) is 5.44. The van der Waals surface area contributed by atoms with Gasteiger partial charge in [-0.25, -0.2) is 4.98 Å². The van der Waals surface area contributed by atoms with Crippen LogP contribution in [-0.2, 0) is 6.54 Å². The zero-order valence-corrected chi connectivity index (χ0v) is 15.9. The fraction of sp³-hybridized carbons (Fsp3) is 0.227. The van der Waals surface area contributed by atoms with Gasteiger partial charge in [-0.1, -0.05) is 24.3 Å². The summed E-state index contributed by atoms with van der Waals surface area (Å²) in [5.74, 6) is -0.0836. The van der Waals surface area contributed by atoms with Crippen LogP contribution in [0.3, 0.4) is 0 Å². The minimum atomic E-state index is -0.252. The zero-order valence-electron chi connectivity index (χ0n) is 15.9. The Kier molecular flexibility index (Phi) is 4.37. The van der Waals surface area contributed by atoms with E-state index in [2.05, 4.69) is 21.1 Å². The van der Waals surface area contributed by atoms with Crippen LogP contribution < -0.4 is 5.56 Å². The summed E-state index contributed by atoms with van der Waals surface area (Å²) in [4.78, 5) is 36.7. The van der Waals surface area contributed by atoms with Crippen molar-refractivity contribution in [2.75, 3.05) is 26.2 Å². The average Bonchev–Trinajstić information content (AvgIpc) is 3.15. The number of pyridine rings is 2. The van der Waals surface area contributed by atoms with Crippen molar-refractivity contribution in [3.63, 3.8) is 0 Å². The van der Waals surface area contributed by atoms with E-state index < -0.39 is 0 Å². The highest BCUT2D eigenvalue weighted by atomic mass is 16.2. The lowest BCUT2D eigenvalue weighted by molar-refractivity contribution is 0.0629. The van der Waals surface area contributed by atoms with Gasteiger partial charge in [0.05, 0.1) is 11.3 Å². The summed E-state index contributed by atoms with van der Waals surface area (Å²) >= 11 is 0. The minimum absolute atomic E-state index is 0.0836. The van der Waals surface area contributed by atoms with E-state index in [0.29, 0.717) is 24.2 Å². The van der Waals surface area contributed by atoms with E-state index in [1.807, 2.05) is 58.0 Å². The van der Waals surface area contributed by atoms with Gasteiger partial charge in [0.2, 0.25) is 5.56 Å². The fourth-order valence-corrected chi connectivity index (χ4v) is 3.95. The highest BCUT2D eigenvalue weighted by Gasteiger charge is 2.24. The summed E-state index contributed by atoms with van der Waals surface area (Å²) in [5.41, 5.74) is 2.87. The van der Waals surface area contributed by atoms with Crippen LogP contribution in [0.2, 0.25) is 0 Å². The van der Waals surface area contributed by atoms with Crippen molar-refractivity contribution in [2.24, 2.45) is 0 Å². The minimum Gasteiger partial charge on any atom is -0.336 e. The number of piperazine rings is 1. The molecule has 0 spiro atoms. The van der Waals surface area contributed by atoms with Gasteiger partial charge in [-0.05, 0) is 18.2 Å². The number of H-pyrrole nitrogens is 1. The summed E-state index contributed by atoms with van der Waals surface area (Å²) in [6.07, 6.45) is 4.05. The number of nitrogens with zero attached hydrogens (tertiary/aromatic N) is 4. The summed E-state index contributed by atoms with van der Waals surface area (Å²) < 4.78 is 2.02. The number of para-hydroxylation sites is 1. The maximum absolute atomic E-state index is 13.1. The average molecular weight is 387 g/mol. The summed E-state index contributed by atoms with van der Waals surface area (Å²) in [7, 11) is 0. The highest BCUT2D eigenvalue weighted by molar-refractivity contribution is 6.05. The van der Waals surface area contributed by atoms with Gasteiger partial charge in [0.15, 0.2) is 0 Å². The number of fused-ring (bicyclic) bond motifs is 2. The van der Waals surface area contributed by atoms with Gasteiger partial charge in [-0.3, -0.25) is 14.5 Å². The maximum Gasteiger partial charge on any atom is 0.254 e. The Balaban J connectivity index is 1.29. The van der Waals surface area contributed by atoms with Crippen LogP contribution in [-0.4, -0.2) is 56.3 Å². The third-order valence-electron chi connectivity index (χ3n) is 5.44. The summed E-state index contributed by atoms with van der Waals surface area (Å²) in [6.45, 7) is 3.58. The number of imidazole rings is 1. The van der Waals surface area contributed by atoms with Crippen LogP contribution in [0.4, 0.5) is 0 Å².